The average molecular weight is 348 g/mol. The zero-order valence-electron chi connectivity index (χ0n) is 13.0. The van der Waals surface area contributed by atoms with Gasteiger partial charge in [0.25, 0.3) is 5.91 Å². The zero-order valence-corrected chi connectivity index (χ0v) is 13.7. The summed E-state index contributed by atoms with van der Waals surface area (Å²) >= 11 is 6.16. The molecule has 126 valence electrons. The summed E-state index contributed by atoms with van der Waals surface area (Å²) in [5, 5.41) is 8.88. The lowest BCUT2D eigenvalue weighted by molar-refractivity contribution is -0.115. The monoisotopic (exact) mass is 347 g/mol. The second kappa shape index (κ2) is 7.51. The summed E-state index contributed by atoms with van der Waals surface area (Å²) in [4.78, 5) is 23.8. The molecule has 2 amide bonds. The second-order valence-electron chi connectivity index (χ2n) is 5.75. The fourth-order valence-corrected chi connectivity index (χ4v) is 2.43. The lowest BCUT2D eigenvalue weighted by Gasteiger charge is -2.10. The molecule has 1 aliphatic rings. The Morgan fingerprint density at radius 1 is 1.21 bits per heavy atom. The van der Waals surface area contributed by atoms with Gasteiger partial charge in [-0.15, -0.1) is 0 Å². The number of carbonyl (C=O) groups excluding carboxylic acids is 2. The molecule has 1 fully saturated rings. The van der Waals surface area contributed by atoms with Crippen LogP contribution in [0.15, 0.2) is 41.0 Å². The second-order valence-corrected chi connectivity index (χ2v) is 6.16. The van der Waals surface area contributed by atoms with Crippen molar-refractivity contribution in [2.24, 2.45) is 5.92 Å². The summed E-state index contributed by atoms with van der Waals surface area (Å²) in [6.45, 7) is 1.15. The molecule has 7 heteroatoms. The van der Waals surface area contributed by atoms with Gasteiger partial charge in [-0.2, -0.15) is 0 Å². The molecule has 0 radical (unpaired) electrons. The van der Waals surface area contributed by atoms with E-state index in [-0.39, 0.29) is 24.1 Å². The highest BCUT2D eigenvalue weighted by molar-refractivity contribution is 6.34. The van der Waals surface area contributed by atoms with Gasteiger partial charge in [0.15, 0.2) is 5.76 Å². The Labute approximate surface area is 144 Å². The van der Waals surface area contributed by atoms with E-state index in [4.69, 9.17) is 16.0 Å². The number of rotatable bonds is 7. The molecule has 1 aromatic carbocycles. The Hall–Kier alpha value is -2.31. The number of benzene rings is 1. The normalized spacial score (nSPS) is 13.5. The maximum absolute atomic E-state index is 11.9. The molecule has 3 rings (SSSR count). The molecule has 0 spiro atoms. The van der Waals surface area contributed by atoms with Crippen LogP contribution in [0, 0.1) is 5.92 Å². The number of amides is 2. The Kier molecular flexibility index (Phi) is 5.17. The van der Waals surface area contributed by atoms with E-state index in [0.717, 1.165) is 12.5 Å². The number of hydrogen-bond donors (Lipinski definition) is 3. The largest absolute Gasteiger partial charge is 0.459 e. The van der Waals surface area contributed by atoms with Crippen LogP contribution in [0.2, 0.25) is 5.02 Å². The van der Waals surface area contributed by atoms with Gasteiger partial charge in [0.2, 0.25) is 5.91 Å². The van der Waals surface area contributed by atoms with Gasteiger partial charge in [-0.25, -0.2) is 0 Å². The summed E-state index contributed by atoms with van der Waals surface area (Å²) < 4.78 is 5.02. The molecule has 0 unspecified atom stereocenters. The van der Waals surface area contributed by atoms with Crippen LogP contribution in [0.25, 0.3) is 0 Å². The molecule has 2 aromatic rings. The minimum absolute atomic E-state index is 0.126. The molecule has 1 aromatic heterocycles. The molecule has 0 bridgehead atoms. The van der Waals surface area contributed by atoms with Crippen molar-refractivity contribution in [2.75, 3.05) is 23.7 Å². The van der Waals surface area contributed by atoms with Crippen LogP contribution in [0.1, 0.15) is 23.4 Å². The molecule has 0 atom stereocenters. The van der Waals surface area contributed by atoms with E-state index in [9.17, 15) is 9.59 Å². The van der Waals surface area contributed by atoms with Gasteiger partial charge in [0, 0.05) is 5.69 Å². The van der Waals surface area contributed by atoms with E-state index >= 15 is 0 Å². The molecular weight excluding hydrogens is 330 g/mol. The first-order valence-corrected chi connectivity index (χ1v) is 8.14. The van der Waals surface area contributed by atoms with Crippen molar-refractivity contribution in [3.05, 3.63) is 47.4 Å². The molecule has 1 saturated carbocycles. The molecule has 1 aliphatic carbocycles. The maximum Gasteiger partial charge on any atom is 0.291 e. The van der Waals surface area contributed by atoms with Crippen molar-refractivity contribution in [3.63, 3.8) is 0 Å². The first-order chi connectivity index (χ1) is 11.6. The van der Waals surface area contributed by atoms with Gasteiger partial charge in [-0.1, -0.05) is 11.6 Å². The van der Waals surface area contributed by atoms with Crippen LogP contribution >= 0.6 is 11.6 Å². The van der Waals surface area contributed by atoms with Gasteiger partial charge in [0.1, 0.15) is 0 Å². The molecule has 3 N–H and O–H groups in total. The van der Waals surface area contributed by atoms with Crippen molar-refractivity contribution in [1.29, 1.82) is 0 Å². The number of nitrogens with one attached hydrogen (secondary N) is 3. The SMILES string of the molecule is O=C(CNCC1CC1)Nc1ccc(NC(=O)c2ccco2)c(Cl)c1. The van der Waals surface area contributed by atoms with Gasteiger partial charge < -0.3 is 20.4 Å². The number of hydrogen-bond acceptors (Lipinski definition) is 4. The van der Waals surface area contributed by atoms with E-state index in [2.05, 4.69) is 16.0 Å². The van der Waals surface area contributed by atoms with E-state index in [1.807, 2.05) is 0 Å². The van der Waals surface area contributed by atoms with Crippen molar-refractivity contribution < 1.29 is 14.0 Å². The van der Waals surface area contributed by atoms with Crippen LogP contribution in [0.5, 0.6) is 0 Å². The maximum atomic E-state index is 11.9. The highest BCUT2D eigenvalue weighted by Crippen LogP contribution is 2.27. The van der Waals surface area contributed by atoms with Gasteiger partial charge >= 0.3 is 0 Å². The van der Waals surface area contributed by atoms with E-state index in [0.29, 0.717) is 16.4 Å². The van der Waals surface area contributed by atoms with Crippen molar-refractivity contribution in [3.8, 4) is 0 Å². The van der Waals surface area contributed by atoms with Gasteiger partial charge in [0.05, 0.1) is 23.5 Å². The Morgan fingerprint density at radius 3 is 2.71 bits per heavy atom. The van der Waals surface area contributed by atoms with Crippen molar-refractivity contribution >= 4 is 34.8 Å². The quantitative estimate of drug-likeness (QED) is 0.718. The van der Waals surface area contributed by atoms with E-state index in [1.54, 1.807) is 30.3 Å². The van der Waals surface area contributed by atoms with Crippen LogP contribution in [0.4, 0.5) is 11.4 Å². The summed E-state index contributed by atoms with van der Waals surface area (Å²) in [5.41, 5.74) is 1.03. The Bertz CT molecular complexity index is 727. The minimum atomic E-state index is -0.386. The molecule has 0 aliphatic heterocycles. The molecule has 0 saturated heterocycles. The lowest BCUT2D eigenvalue weighted by Crippen LogP contribution is -2.29. The van der Waals surface area contributed by atoms with E-state index < -0.39 is 0 Å². The highest BCUT2D eigenvalue weighted by atomic mass is 35.5. The third-order valence-corrected chi connectivity index (χ3v) is 3.97. The minimum Gasteiger partial charge on any atom is -0.459 e. The predicted octanol–water partition coefficient (Wildman–Crippen LogP) is 3.12. The molecular formula is C17H18ClN3O3. The van der Waals surface area contributed by atoms with Crippen LogP contribution in [-0.2, 0) is 4.79 Å². The smallest absolute Gasteiger partial charge is 0.291 e. The predicted molar refractivity (Wildman–Crippen MR) is 92.3 cm³/mol. The van der Waals surface area contributed by atoms with Gasteiger partial charge in [-0.3, -0.25) is 9.59 Å². The summed E-state index contributed by atoms with van der Waals surface area (Å²) in [6, 6.07) is 8.11. The first-order valence-electron chi connectivity index (χ1n) is 7.77. The van der Waals surface area contributed by atoms with Crippen molar-refractivity contribution in [2.45, 2.75) is 12.8 Å². The number of halogens is 1. The standard InChI is InChI=1S/C17H18ClN3O3/c18-13-8-12(20-16(22)10-19-9-11-3-4-11)5-6-14(13)21-17(23)15-2-1-7-24-15/h1-2,5-8,11,19H,3-4,9-10H2,(H,20,22)(H,21,23). The summed E-state index contributed by atoms with van der Waals surface area (Å²) in [7, 11) is 0. The number of furan rings is 1. The number of anilines is 2. The summed E-state index contributed by atoms with van der Waals surface area (Å²) in [5.74, 6) is 0.413. The molecule has 24 heavy (non-hydrogen) atoms. The Balaban J connectivity index is 1.53. The molecule has 6 nitrogen and oxygen atoms in total. The van der Waals surface area contributed by atoms with E-state index in [1.165, 1.54) is 19.1 Å². The summed E-state index contributed by atoms with van der Waals surface area (Å²) in [6.07, 6.45) is 3.91. The lowest BCUT2D eigenvalue weighted by atomic mass is 10.2. The zero-order chi connectivity index (χ0) is 16.9. The molecule has 1 heterocycles. The number of carbonyl (C=O) groups is 2. The topological polar surface area (TPSA) is 83.4 Å². The third-order valence-electron chi connectivity index (χ3n) is 3.66. The van der Waals surface area contributed by atoms with Crippen LogP contribution in [-0.4, -0.2) is 24.9 Å². The fourth-order valence-electron chi connectivity index (χ4n) is 2.20. The fraction of sp³-hybridized carbons (Fsp3) is 0.294. The Morgan fingerprint density at radius 2 is 2.04 bits per heavy atom. The van der Waals surface area contributed by atoms with Crippen molar-refractivity contribution in [1.82, 2.24) is 5.32 Å². The third kappa shape index (κ3) is 4.59. The average Bonchev–Trinajstić information content (AvgIpc) is 3.20. The first kappa shape index (κ1) is 16.5. The van der Waals surface area contributed by atoms with Crippen LogP contribution < -0.4 is 16.0 Å². The van der Waals surface area contributed by atoms with Crippen LogP contribution in [0.3, 0.4) is 0 Å². The van der Waals surface area contributed by atoms with Gasteiger partial charge in [-0.05, 0) is 55.6 Å². The highest BCUT2D eigenvalue weighted by Gasteiger charge is 2.20.